The van der Waals surface area contributed by atoms with Crippen LogP contribution in [0.3, 0.4) is 0 Å². The molecule has 1 aromatic heterocycles. The van der Waals surface area contributed by atoms with Crippen molar-refractivity contribution < 1.29 is 9.59 Å². The second kappa shape index (κ2) is 7.08. The molecule has 24 heavy (non-hydrogen) atoms. The van der Waals surface area contributed by atoms with Crippen LogP contribution in [0.25, 0.3) is 0 Å². The molecule has 0 saturated carbocycles. The molecule has 0 radical (unpaired) electrons. The van der Waals surface area contributed by atoms with Crippen LogP contribution in [0.4, 0.5) is 11.6 Å². The Morgan fingerprint density at radius 1 is 0.958 bits per heavy atom. The molecule has 1 saturated heterocycles. The predicted molar refractivity (Wildman–Crippen MR) is 90.9 cm³/mol. The fraction of sp³-hybridized carbons (Fsp3) is 0.294. The summed E-state index contributed by atoms with van der Waals surface area (Å²) in [6, 6.07) is 12.5. The quantitative estimate of drug-likeness (QED) is 0.923. The van der Waals surface area contributed by atoms with Crippen molar-refractivity contribution in [3.05, 3.63) is 48.0 Å². The first-order valence-electron chi connectivity index (χ1n) is 7.84. The zero-order valence-corrected chi connectivity index (χ0v) is 13.5. The Hall–Kier alpha value is -2.96. The molecule has 2 heterocycles. The van der Waals surface area contributed by atoms with Crippen LogP contribution in [0.15, 0.2) is 42.5 Å². The topological polar surface area (TPSA) is 78.4 Å². The Labute approximate surface area is 140 Å². The first-order chi connectivity index (χ1) is 11.6. The van der Waals surface area contributed by atoms with Gasteiger partial charge >= 0.3 is 0 Å². The van der Waals surface area contributed by atoms with Crippen molar-refractivity contribution in [1.82, 2.24) is 15.1 Å². The molecular weight excluding hydrogens is 306 g/mol. The van der Waals surface area contributed by atoms with Gasteiger partial charge in [0, 0.05) is 38.7 Å². The van der Waals surface area contributed by atoms with Crippen LogP contribution in [-0.2, 0) is 4.79 Å². The van der Waals surface area contributed by atoms with Crippen molar-refractivity contribution in [1.29, 1.82) is 0 Å². The third-order valence-corrected chi connectivity index (χ3v) is 3.98. The normalized spacial score (nSPS) is 14.4. The summed E-state index contributed by atoms with van der Waals surface area (Å²) in [5.74, 6) is 1.04. The number of nitrogens with one attached hydrogen (secondary N) is 1. The minimum absolute atomic E-state index is 0.0970. The first-order valence-corrected chi connectivity index (χ1v) is 7.84. The van der Waals surface area contributed by atoms with Gasteiger partial charge in [0.15, 0.2) is 11.6 Å². The van der Waals surface area contributed by atoms with Gasteiger partial charge in [-0.2, -0.15) is 0 Å². The minimum Gasteiger partial charge on any atom is -0.352 e. The molecule has 0 spiro atoms. The molecule has 3 rings (SSSR count). The molecular formula is C17H19N5O2. The molecule has 0 unspecified atom stereocenters. The highest BCUT2D eigenvalue weighted by Crippen LogP contribution is 2.15. The van der Waals surface area contributed by atoms with E-state index in [0.717, 1.165) is 18.9 Å². The summed E-state index contributed by atoms with van der Waals surface area (Å²) < 4.78 is 0. The van der Waals surface area contributed by atoms with E-state index in [4.69, 9.17) is 0 Å². The lowest BCUT2D eigenvalue weighted by Gasteiger charge is -2.34. The number of carbonyl (C=O) groups excluding carboxylic acids is 2. The molecule has 0 aliphatic carbocycles. The van der Waals surface area contributed by atoms with Gasteiger partial charge in [0.05, 0.1) is 0 Å². The van der Waals surface area contributed by atoms with E-state index in [1.54, 1.807) is 25.1 Å². The molecule has 1 fully saturated rings. The van der Waals surface area contributed by atoms with Crippen LogP contribution in [-0.4, -0.2) is 53.1 Å². The predicted octanol–water partition coefficient (Wildman–Crippen LogP) is 1.40. The van der Waals surface area contributed by atoms with Crippen LogP contribution in [0.2, 0.25) is 0 Å². The molecule has 1 aromatic carbocycles. The third kappa shape index (κ3) is 3.68. The fourth-order valence-corrected chi connectivity index (χ4v) is 2.59. The molecule has 1 N–H and O–H groups in total. The Morgan fingerprint density at radius 2 is 1.67 bits per heavy atom. The second-order valence-corrected chi connectivity index (χ2v) is 5.59. The monoisotopic (exact) mass is 325 g/mol. The van der Waals surface area contributed by atoms with E-state index in [-0.39, 0.29) is 11.8 Å². The van der Waals surface area contributed by atoms with Crippen LogP contribution in [0.1, 0.15) is 17.3 Å². The van der Waals surface area contributed by atoms with E-state index in [0.29, 0.717) is 24.5 Å². The highest BCUT2D eigenvalue weighted by Gasteiger charge is 2.19. The number of anilines is 2. The van der Waals surface area contributed by atoms with E-state index in [1.807, 2.05) is 29.2 Å². The largest absolute Gasteiger partial charge is 0.352 e. The first kappa shape index (κ1) is 15.9. The Bertz CT molecular complexity index is 710. The third-order valence-electron chi connectivity index (χ3n) is 3.98. The second-order valence-electron chi connectivity index (χ2n) is 5.59. The van der Waals surface area contributed by atoms with Gasteiger partial charge in [-0.05, 0) is 24.3 Å². The Balaban J connectivity index is 1.60. The fourth-order valence-electron chi connectivity index (χ4n) is 2.59. The zero-order valence-electron chi connectivity index (χ0n) is 13.5. The lowest BCUT2D eigenvalue weighted by Crippen LogP contribution is -2.48. The average molecular weight is 325 g/mol. The van der Waals surface area contributed by atoms with Gasteiger partial charge in [-0.25, -0.2) is 0 Å². The molecule has 7 nitrogen and oxygen atoms in total. The lowest BCUT2D eigenvalue weighted by atomic mass is 10.2. The lowest BCUT2D eigenvalue weighted by molar-refractivity contribution is -0.129. The summed E-state index contributed by atoms with van der Waals surface area (Å²) in [5.41, 5.74) is 0.573. The summed E-state index contributed by atoms with van der Waals surface area (Å²) in [6.45, 7) is 4.40. The Morgan fingerprint density at radius 3 is 2.25 bits per heavy atom. The highest BCUT2D eigenvalue weighted by atomic mass is 16.2. The van der Waals surface area contributed by atoms with Crippen LogP contribution in [0.5, 0.6) is 0 Å². The Kier molecular flexibility index (Phi) is 4.69. The molecule has 2 amide bonds. The van der Waals surface area contributed by atoms with E-state index >= 15 is 0 Å². The number of aromatic nitrogens is 2. The van der Waals surface area contributed by atoms with Gasteiger partial charge in [-0.15, -0.1) is 10.2 Å². The number of hydrogen-bond acceptors (Lipinski definition) is 5. The van der Waals surface area contributed by atoms with Gasteiger partial charge < -0.3 is 15.1 Å². The number of carbonyl (C=O) groups is 2. The van der Waals surface area contributed by atoms with Crippen molar-refractivity contribution >= 4 is 23.5 Å². The molecule has 0 atom stereocenters. The number of nitrogens with zero attached hydrogens (tertiary/aromatic N) is 4. The average Bonchev–Trinajstić information content (AvgIpc) is 2.63. The molecule has 1 aliphatic rings. The van der Waals surface area contributed by atoms with Crippen molar-refractivity contribution in [3.8, 4) is 0 Å². The van der Waals surface area contributed by atoms with E-state index in [2.05, 4.69) is 20.4 Å². The number of amides is 2. The smallest absolute Gasteiger partial charge is 0.256 e. The van der Waals surface area contributed by atoms with Crippen LogP contribution in [0, 0.1) is 0 Å². The number of rotatable bonds is 3. The molecule has 2 aromatic rings. The van der Waals surface area contributed by atoms with E-state index in [9.17, 15) is 9.59 Å². The summed E-state index contributed by atoms with van der Waals surface area (Å²) in [6.07, 6.45) is 0. The van der Waals surface area contributed by atoms with Crippen molar-refractivity contribution in [2.75, 3.05) is 36.4 Å². The van der Waals surface area contributed by atoms with Crippen LogP contribution >= 0.6 is 0 Å². The standard InChI is InChI=1S/C17H19N5O2/c1-13(23)21-9-11-22(12-10-21)16-8-7-15(19-20-16)18-17(24)14-5-3-2-4-6-14/h2-8H,9-12H2,1H3,(H,18,19,24). The number of hydrogen-bond donors (Lipinski definition) is 1. The highest BCUT2D eigenvalue weighted by molar-refractivity contribution is 6.03. The maximum Gasteiger partial charge on any atom is 0.256 e. The molecule has 7 heteroatoms. The maximum atomic E-state index is 12.1. The molecule has 1 aliphatic heterocycles. The van der Waals surface area contributed by atoms with Gasteiger partial charge in [-0.3, -0.25) is 9.59 Å². The number of benzene rings is 1. The minimum atomic E-state index is -0.215. The van der Waals surface area contributed by atoms with Gasteiger partial charge in [0.25, 0.3) is 5.91 Å². The maximum absolute atomic E-state index is 12.1. The van der Waals surface area contributed by atoms with Crippen LogP contribution < -0.4 is 10.2 Å². The van der Waals surface area contributed by atoms with Crippen molar-refractivity contribution in [3.63, 3.8) is 0 Å². The SMILES string of the molecule is CC(=O)N1CCN(c2ccc(NC(=O)c3ccccc3)nn2)CC1. The molecule has 0 bridgehead atoms. The van der Waals surface area contributed by atoms with Gasteiger partial charge in [0.1, 0.15) is 0 Å². The van der Waals surface area contributed by atoms with Crippen molar-refractivity contribution in [2.24, 2.45) is 0 Å². The number of piperazine rings is 1. The summed E-state index contributed by atoms with van der Waals surface area (Å²) >= 11 is 0. The van der Waals surface area contributed by atoms with Gasteiger partial charge in [0.2, 0.25) is 5.91 Å². The van der Waals surface area contributed by atoms with Crippen molar-refractivity contribution in [2.45, 2.75) is 6.92 Å². The summed E-state index contributed by atoms with van der Waals surface area (Å²) in [4.78, 5) is 27.3. The summed E-state index contributed by atoms with van der Waals surface area (Å²) in [5, 5.41) is 11.0. The zero-order chi connectivity index (χ0) is 16.9. The van der Waals surface area contributed by atoms with E-state index in [1.165, 1.54) is 0 Å². The summed E-state index contributed by atoms with van der Waals surface area (Å²) in [7, 11) is 0. The van der Waals surface area contributed by atoms with Gasteiger partial charge in [-0.1, -0.05) is 18.2 Å². The molecule has 124 valence electrons. The van der Waals surface area contributed by atoms with E-state index < -0.39 is 0 Å².